The Hall–Kier alpha value is -2.50. The van der Waals surface area contributed by atoms with Gasteiger partial charge in [0.15, 0.2) is 11.5 Å². The molecule has 1 fully saturated rings. The third-order valence-corrected chi connectivity index (χ3v) is 4.78. The van der Waals surface area contributed by atoms with Crippen molar-refractivity contribution >= 4 is 5.91 Å². The van der Waals surface area contributed by atoms with Crippen molar-refractivity contribution in [2.24, 2.45) is 0 Å². The Labute approximate surface area is 140 Å². The molecule has 1 saturated heterocycles. The van der Waals surface area contributed by atoms with Gasteiger partial charge >= 0.3 is 0 Å². The highest BCUT2D eigenvalue weighted by molar-refractivity contribution is 5.82. The van der Waals surface area contributed by atoms with Crippen LogP contribution in [-0.4, -0.2) is 46.3 Å². The molecular weight excluding hydrogens is 306 g/mol. The first-order valence-electron chi connectivity index (χ1n) is 8.43. The van der Waals surface area contributed by atoms with Crippen molar-refractivity contribution in [3.8, 4) is 11.5 Å². The zero-order valence-corrected chi connectivity index (χ0v) is 13.6. The summed E-state index contributed by atoms with van der Waals surface area (Å²) >= 11 is 0. The number of H-pyrrole nitrogens is 1. The van der Waals surface area contributed by atoms with E-state index in [1.54, 1.807) is 6.20 Å². The molecule has 126 valence electrons. The molecule has 0 aliphatic carbocycles. The van der Waals surface area contributed by atoms with Gasteiger partial charge in [-0.3, -0.25) is 9.89 Å². The van der Waals surface area contributed by atoms with Crippen LogP contribution in [0.5, 0.6) is 11.5 Å². The lowest BCUT2D eigenvalue weighted by Crippen LogP contribution is -2.52. The highest BCUT2D eigenvalue weighted by Crippen LogP contribution is 2.34. The minimum atomic E-state index is -0.597. The van der Waals surface area contributed by atoms with Crippen LogP contribution in [0.1, 0.15) is 31.4 Å². The lowest BCUT2D eigenvalue weighted by molar-refractivity contribution is -0.145. The van der Waals surface area contributed by atoms with Crippen molar-refractivity contribution in [3.63, 3.8) is 0 Å². The molecule has 0 spiro atoms. The Bertz CT molecular complexity index is 716. The molecule has 1 aromatic carbocycles. The molecule has 24 heavy (non-hydrogen) atoms. The van der Waals surface area contributed by atoms with Crippen LogP contribution in [-0.2, 0) is 4.79 Å². The lowest BCUT2D eigenvalue weighted by Gasteiger charge is -2.37. The topological polar surface area (TPSA) is 67.5 Å². The van der Waals surface area contributed by atoms with Crippen LogP contribution in [0.25, 0.3) is 0 Å². The van der Waals surface area contributed by atoms with Crippen LogP contribution in [0.4, 0.5) is 0 Å². The van der Waals surface area contributed by atoms with E-state index in [9.17, 15) is 4.79 Å². The number of piperidine rings is 1. The van der Waals surface area contributed by atoms with Crippen molar-refractivity contribution in [2.45, 2.75) is 37.9 Å². The maximum atomic E-state index is 13.0. The van der Waals surface area contributed by atoms with Crippen molar-refractivity contribution < 1.29 is 14.3 Å². The quantitative estimate of drug-likeness (QED) is 0.919. The molecule has 1 aromatic heterocycles. The number of carbonyl (C=O) groups is 1. The van der Waals surface area contributed by atoms with Crippen molar-refractivity contribution in [3.05, 3.63) is 42.2 Å². The van der Waals surface area contributed by atoms with Gasteiger partial charge in [0.1, 0.15) is 6.10 Å². The number of carbonyl (C=O) groups excluding carboxylic acids is 1. The number of benzene rings is 1. The number of hydrogen-bond acceptors (Lipinski definition) is 4. The number of ether oxygens (including phenoxy) is 2. The van der Waals surface area contributed by atoms with Crippen molar-refractivity contribution in [1.29, 1.82) is 0 Å². The van der Waals surface area contributed by atoms with E-state index < -0.39 is 6.10 Å². The second-order valence-electron chi connectivity index (χ2n) is 6.44. The standard InChI is InChI=1S/C18H21N3O3/c1-12-17(24-16-7-3-2-6-15(16)23-12)18(22)21-10-4-5-13(11-21)14-8-9-19-20-14/h2-3,6-9,12-13,17H,4-5,10-11H2,1H3,(H,19,20). The summed E-state index contributed by atoms with van der Waals surface area (Å²) < 4.78 is 11.8. The fourth-order valence-corrected chi connectivity index (χ4v) is 3.50. The largest absolute Gasteiger partial charge is 0.482 e. The number of para-hydroxylation sites is 2. The van der Waals surface area contributed by atoms with Gasteiger partial charge < -0.3 is 14.4 Å². The van der Waals surface area contributed by atoms with Gasteiger partial charge in [0.05, 0.1) is 0 Å². The zero-order valence-electron chi connectivity index (χ0n) is 13.6. The second kappa shape index (κ2) is 6.19. The molecule has 3 unspecified atom stereocenters. The molecular formula is C18H21N3O3. The first kappa shape index (κ1) is 15.1. The van der Waals surface area contributed by atoms with E-state index in [-0.39, 0.29) is 12.0 Å². The van der Waals surface area contributed by atoms with Crippen LogP contribution in [0.15, 0.2) is 36.5 Å². The lowest BCUT2D eigenvalue weighted by atomic mass is 9.94. The molecule has 0 radical (unpaired) electrons. The molecule has 3 heterocycles. The summed E-state index contributed by atoms with van der Waals surface area (Å²) in [5.74, 6) is 1.64. The maximum Gasteiger partial charge on any atom is 0.267 e. The molecule has 3 atom stereocenters. The number of hydrogen-bond donors (Lipinski definition) is 1. The highest BCUT2D eigenvalue weighted by Gasteiger charge is 2.38. The van der Waals surface area contributed by atoms with E-state index in [1.165, 1.54) is 0 Å². The van der Waals surface area contributed by atoms with E-state index in [4.69, 9.17) is 9.47 Å². The molecule has 4 rings (SSSR count). The number of aromatic amines is 1. The van der Waals surface area contributed by atoms with Crippen LogP contribution in [0.2, 0.25) is 0 Å². The van der Waals surface area contributed by atoms with E-state index in [2.05, 4.69) is 10.2 Å². The molecule has 6 nitrogen and oxygen atoms in total. The number of amides is 1. The monoisotopic (exact) mass is 327 g/mol. The number of likely N-dealkylation sites (tertiary alicyclic amines) is 1. The zero-order chi connectivity index (χ0) is 16.5. The third-order valence-electron chi connectivity index (χ3n) is 4.78. The molecule has 2 aliphatic heterocycles. The highest BCUT2D eigenvalue weighted by atomic mass is 16.6. The van der Waals surface area contributed by atoms with Crippen LogP contribution in [0.3, 0.4) is 0 Å². The van der Waals surface area contributed by atoms with Gasteiger partial charge in [-0.05, 0) is 38.0 Å². The first-order valence-corrected chi connectivity index (χ1v) is 8.43. The van der Waals surface area contributed by atoms with Crippen molar-refractivity contribution in [2.75, 3.05) is 13.1 Å². The van der Waals surface area contributed by atoms with Crippen LogP contribution >= 0.6 is 0 Å². The fourth-order valence-electron chi connectivity index (χ4n) is 3.50. The molecule has 0 bridgehead atoms. The normalized spacial score (nSPS) is 26.2. The van der Waals surface area contributed by atoms with E-state index in [1.807, 2.05) is 42.2 Å². The number of nitrogens with zero attached hydrogens (tertiary/aromatic N) is 2. The Balaban J connectivity index is 1.49. The van der Waals surface area contributed by atoms with Gasteiger partial charge in [0, 0.05) is 30.9 Å². The van der Waals surface area contributed by atoms with Gasteiger partial charge in [-0.15, -0.1) is 0 Å². The molecule has 6 heteroatoms. The smallest absolute Gasteiger partial charge is 0.267 e. The van der Waals surface area contributed by atoms with Crippen LogP contribution in [0, 0.1) is 0 Å². The summed E-state index contributed by atoms with van der Waals surface area (Å²) in [6.07, 6.45) is 2.90. The van der Waals surface area contributed by atoms with Gasteiger partial charge in [-0.1, -0.05) is 12.1 Å². The number of aromatic nitrogens is 2. The number of rotatable bonds is 2. The molecule has 1 amide bonds. The molecule has 2 aliphatic rings. The fraction of sp³-hybridized carbons (Fsp3) is 0.444. The predicted molar refractivity (Wildman–Crippen MR) is 88.1 cm³/mol. The summed E-state index contributed by atoms with van der Waals surface area (Å²) in [6, 6.07) is 9.47. The maximum absolute atomic E-state index is 13.0. The average molecular weight is 327 g/mol. The van der Waals surface area contributed by atoms with E-state index >= 15 is 0 Å². The summed E-state index contributed by atoms with van der Waals surface area (Å²) in [6.45, 7) is 3.34. The molecule has 2 aromatic rings. The van der Waals surface area contributed by atoms with Crippen molar-refractivity contribution in [1.82, 2.24) is 15.1 Å². The molecule has 1 N–H and O–H groups in total. The Morgan fingerprint density at radius 3 is 2.79 bits per heavy atom. The SMILES string of the molecule is CC1Oc2ccccc2OC1C(=O)N1CCCC(c2ccn[nH]2)C1. The van der Waals surface area contributed by atoms with Crippen LogP contribution < -0.4 is 9.47 Å². The van der Waals surface area contributed by atoms with Gasteiger partial charge in [-0.2, -0.15) is 5.10 Å². The molecule has 0 saturated carbocycles. The average Bonchev–Trinajstić information content (AvgIpc) is 3.15. The summed E-state index contributed by atoms with van der Waals surface area (Å²) in [7, 11) is 0. The van der Waals surface area contributed by atoms with Gasteiger partial charge in [0.25, 0.3) is 5.91 Å². The summed E-state index contributed by atoms with van der Waals surface area (Å²) in [5, 5.41) is 7.04. The first-order chi connectivity index (χ1) is 11.7. The van der Waals surface area contributed by atoms with Gasteiger partial charge in [0.2, 0.25) is 6.10 Å². The number of nitrogens with one attached hydrogen (secondary N) is 1. The summed E-state index contributed by atoms with van der Waals surface area (Å²) in [4.78, 5) is 14.9. The Morgan fingerprint density at radius 1 is 1.25 bits per heavy atom. The van der Waals surface area contributed by atoms with E-state index in [0.29, 0.717) is 24.0 Å². The summed E-state index contributed by atoms with van der Waals surface area (Å²) in [5.41, 5.74) is 1.09. The number of fused-ring (bicyclic) bond motifs is 1. The van der Waals surface area contributed by atoms with Gasteiger partial charge in [-0.25, -0.2) is 0 Å². The minimum Gasteiger partial charge on any atom is -0.482 e. The Morgan fingerprint density at radius 2 is 2.04 bits per heavy atom. The predicted octanol–water partition coefficient (Wildman–Crippen LogP) is 2.34. The third kappa shape index (κ3) is 2.72. The Kier molecular flexibility index (Phi) is 3.88. The second-order valence-corrected chi connectivity index (χ2v) is 6.44. The van der Waals surface area contributed by atoms with E-state index in [0.717, 1.165) is 25.1 Å². The minimum absolute atomic E-state index is 0.00113.